The molecular formula is C25H28N6O3. The van der Waals surface area contributed by atoms with E-state index < -0.39 is 0 Å². The van der Waals surface area contributed by atoms with Gasteiger partial charge in [-0.25, -0.2) is 4.98 Å². The summed E-state index contributed by atoms with van der Waals surface area (Å²) < 4.78 is 5.53. The first kappa shape index (κ1) is 22.2. The first-order valence-electron chi connectivity index (χ1n) is 11.7. The van der Waals surface area contributed by atoms with Crippen LogP contribution in [0.3, 0.4) is 0 Å². The molecule has 1 amide bonds. The maximum Gasteiger partial charge on any atom is 0.251 e. The van der Waals surface area contributed by atoms with E-state index in [1.165, 1.54) is 0 Å². The summed E-state index contributed by atoms with van der Waals surface area (Å²) in [6.45, 7) is 4.05. The van der Waals surface area contributed by atoms with Gasteiger partial charge in [-0.3, -0.25) is 9.78 Å². The number of hydrogen-bond donors (Lipinski definition) is 2. The Balaban J connectivity index is 1.55. The number of aromatic nitrogens is 3. The number of anilines is 3. The number of pyridine rings is 1. The van der Waals surface area contributed by atoms with E-state index in [2.05, 4.69) is 20.1 Å². The third-order valence-electron chi connectivity index (χ3n) is 6.10. The van der Waals surface area contributed by atoms with Gasteiger partial charge >= 0.3 is 0 Å². The number of aliphatic hydroxyl groups is 1. The smallest absolute Gasteiger partial charge is 0.251 e. The number of fused-ring (bicyclic) bond motifs is 1. The maximum atomic E-state index is 12.6. The van der Waals surface area contributed by atoms with Gasteiger partial charge in [-0.15, -0.1) is 0 Å². The van der Waals surface area contributed by atoms with Crippen molar-refractivity contribution in [2.75, 3.05) is 55.8 Å². The SMILES string of the molecule is O=C(NCCCO)c1cccc(-c2nc(N3CCOCC3)nc3c2CCN3c2ccncc2)c1. The summed E-state index contributed by atoms with van der Waals surface area (Å²) in [6, 6.07) is 11.5. The van der Waals surface area contributed by atoms with Gasteiger partial charge in [-0.1, -0.05) is 12.1 Å². The van der Waals surface area contributed by atoms with E-state index in [-0.39, 0.29) is 12.5 Å². The molecule has 9 heteroatoms. The van der Waals surface area contributed by atoms with Crippen LogP contribution in [0.4, 0.5) is 17.5 Å². The van der Waals surface area contributed by atoms with Crippen molar-refractivity contribution >= 4 is 23.4 Å². The highest BCUT2D eigenvalue weighted by Gasteiger charge is 2.29. The summed E-state index contributed by atoms with van der Waals surface area (Å²) in [5.74, 6) is 1.42. The minimum absolute atomic E-state index is 0.0473. The highest BCUT2D eigenvalue weighted by atomic mass is 16.5. The molecule has 0 unspecified atom stereocenters. The zero-order chi connectivity index (χ0) is 23.3. The minimum Gasteiger partial charge on any atom is -0.396 e. The second kappa shape index (κ2) is 10.1. The normalized spacial score (nSPS) is 15.3. The number of nitrogens with zero attached hydrogens (tertiary/aromatic N) is 5. The quantitative estimate of drug-likeness (QED) is 0.517. The highest BCUT2D eigenvalue weighted by molar-refractivity contribution is 5.95. The van der Waals surface area contributed by atoms with Crippen molar-refractivity contribution in [2.24, 2.45) is 0 Å². The molecular weight excluding hydrogens is 432 g/mol. The molecule has 2 aliphatic heterocycles. The van der Waals surface area contributed by atoms with Crippen molar-refractivity contribution < 1.29 is 14.6 Å². The summed E-state index contributed by atoms with van der Waals surface area (Å²) in [7, 11) is 0. The molecule has 3 aromatic rings. The molecule has 1 fully saturated rings. The lowest BCUT2D eigenvalue weighted by Gasteiger charge is -2.28. The van der Waals surface area contributed by atoms with Gasteiger partial charge in [-0.05, 0) is 37.1 Å². The highest BCUT2D eigenvalue weighted by Crippen LogP contribution is 2.39. The number of hydrogen-bond acceptors (Lipinski definition) is 8. The number of rotatable bonds is 7. The van der Waals surface area contributed by atoms with Gasteiger partial charge in [0.05, 0.1) is 18.9 Å². The third kappa shape index (κ3) is 4.57. The van der Waals surface area contributed by atoms with E-state index in [1.54, 1.807) is 18.5 Å². The van der Waals surface area contributed by atoms with Gasteiger partial charge in [0.15, 0.2) is 0 Å². The fourth-order valence-corrected chi connectivity index (χ4v) is 4.35. The molecule has 9 nitrogen and oxygen atoms in total. The Morgan fingerprint density at radius 2 is 1.91 bits per heavy atom. The summed E-state index contributed by atoms with van der Waals surface area (Å²) in [4.78, 5) is 31.1. The molecule has 176 valence electrons. The monoisotopic (exact) mass is 460 g/mol. The lowest BCUT2D eigenvalue weighted by atomic mass is 10.0. The van der Waals surface area contributed by atoms with Crippen LogP contribution in [0.2, 0.25) is 0 Å². The Bertz CT molecular complexity index is 1150. The van der Waals surface area contributed by atoms with E-state index in [0.717, 1.165) is 54.4 Å². The third-order valence-corrected chi connectivity index (χ3v) is 6.10. The molecule has 1 aromatic carbocycles. The molecule has 4 heterocycles. The number of carbonyl (C=O) groups excluding carboxylic acids is 1. The number of ether oxygens (including phenoxy) is 1. The Kier molecular flexibility index (Phi) is 6.64. The van der Waals surface area contributed by atoms with E-state index in [9.17, 15) is 4.79 Å². The van der Waals surface area contributed by atoms with Crippen molar-refractivity contribution in [2.45, 2.75) is 12.8 Å². The van der Waals surface area contributed by atoms with Crippen LogP contribution in [0.1, 0.15) is 22.3 Å². The molecule has 1 saturated heterocycles. The molecule has 0 atom stereocenters. The first-order valence-corrected chi connectivity index (χ1v) is 11.7. The van der Waals surface area contributed by atoms with Crippen molar-refractivity contribution in [3.8, 4) is 11.3 Å². The van der Waals surface area contributed by atoms with Gasteiger partial charge in [0, 0.05) is 67.6 Å². The minimum atomic E-state index is -0.159. The van der Waals surface area contributed by atoms with E-state index in [4.69, 9.17) is 19.8 Å². The van der Waals surface area contributed by atoms with Gasteiger partial charge in [0.2, 0.25) is 5.95 Å². The Labute approximate surface area is 198 Å². The molecule has 0 spiro atoms. The summed E-state index contributed by atoms with van der Waals surface area (Å²) in [5, 5.41) is 11.8. The second-order valence-electron chi connectivity index (χ2n) is 8.29. The average Bonchev–Trinajstić information content (AvgIpc) is 3.33. The van der Waals surface area contributed by atoms with Crippen LogP contribution >= 0.6 is 0 Å². The number of carbonyl (C=O) groups is 1. The lowest BCUT2D eigenvalue weighted by Crippen LogP contribution is -2.37. The summed E-state index contributed by atoms with van der Waals surface area (Å²) in [5.41, 5.74) is 4.43. The van der Waals surface area contributed by atoms with Crippen LogP contribution in [0.5, 0.6) is 0 Å². The number of benzene rings is 1. The Morgan fingerprint density at radius 3 is 2.71 bits per heavy atom. The Morgan fingerprint density at radius 1 is 1.09 bits per heavy atom. The van der Waals surface area contributed by atoms with Crippen LogP contribution in [-0.2, 0) is 11.2 Å². The molecule has 0 bridgehead atoms. The molecule has 0 radical (unpaired) electrons. The largest absolute Gasteiger partial charge is 0.396 e. The molecule has 0 aliphatic carbocycles. The molecule has 2 aliphatic rings. The fraction of sp³-hybridized carbons (Fsp3) is 0.360. The predicted molar refractivity (Wildman–Crippen MR) is 129 cm³/mol. The summed E-state index contributed by atoms with van der Waals surface area (Å²) >= 11 is 0. The topological polar surface area (TPSA) is 104 Å². The Hall–Kier alpha value is -3.56. The standard InChI is InChI=1S/C25H28N6O3/c32-14-2-8-27-24(33)19-4-1-3-18(17-19)22-21-7-11-31(20-5-9-26-10-6-20)23(21)29-25(28-22)30-12-15-34-16-13-30/h1,3-6,9-10,17,32H,2,7-8,11-16H2,(H,27,33). The van der Waals surface area contributed by atoms with Crippen molar-refractivity contribution in [3.63, 3.8) is 0 Å². The fourth-order valence-electron chi connectivity index (χ4n) is 4.35. The maximum absolute atomic E-state index is 12.6. The number of amides is 1. The van der Waals surface area contributed by atoms with Crippen LogP contribution in [0.15, 0.2) is 48.8 Å². The second-order valence-corrected chi connectivity index (χ2v) is 8.29. The van der Waals surface area contributed by atoms with Gasteiger partial charge in [0.25, 0.3) is 5.91 Å². The van der Waals surface area contributed by atoms with Crippen LogP contribution in [0.25, 0.3) is 11.3 Å². The summed E-state index contributed by atoms with van der Waals surface area (Å²) in [6.07, 6.45) is 4.91. The molecule has 5 rings (SSSR count). The van der Waals surface area contributed by atoms with Crippen LogP contribution < -0.4 is 15.1 Å². The van der Waals surface area contributed by atoms with Crippen molar-refractivity contribution in [3.05, 3.63) is 59.9 Å². The van der Waals surface area contributed by atoms with Crippen LogP contribution in [0, 0.1) is 0 Å². The average molecular weight is 461 g/mol. The molecule has 2 aromatic heterocycles. The molecule has 0 saturated carbocycles. The zero-order valence-electron chi connectivity index (χ0n) is 19.0. The van der Waals surface area contributed by atoms with Gasteiger partial charge in [-0.2, -0.15) is 4.98 Å². The van der Waals surface area contributed by atoms with Gasteiger partial charge in [0.1, 0.15) is 5.82 Å². The molecule has 34 heavy (non-hydrogen) atoms. The number of nitrogens with one attached hydrogen (secondary N) is 1. The van der Waals surface area contributed by atoms with E-state index in [1.807, 2.05) is 30.3 Å². The van der Waals surface area contributed by atoms with E-state index >= 15 is 0 Å². The van der Waals surface area contributed by atoms with Crippen molar-refractivity contribution in [1.29, 1.82) is 0 Å². The van der Waals surface area contributed by atoms with E-state index in [0.29, 0.717) is 37.7 Å². The molecule has 2 N–H and O–H groups in total. The number of morpholine rings is 1. The predicted octanol–water partition coefficient (Wildman–Crippen LogP) is 2.18. The number of aliphatic hydroxyl groups excluding tert-OH is 1. The van der Waals surface area contributed by atoms with Crippen LogP contribution in [-0.4, -0.2) is 72.0 Å². The first-order chi connectivity index (χ1) is 16.7. The van der Waals surface area contributed by atoms with Crippen molar-refractivity contribution in [1.82, 2.24) is 20.3 Å². The lowest BCUT2D eigenvalue weighted by molar-refractivity contribution is 0.0951. The zero-order valence-corrected chi connectivity index (χ0v) is 19.0. The van der Waals surface area contributed by atoms with Gasteiger partial charge < -0.3 is 25.0 Å².